The van der Waals surface area contributed by atoms with Gasteiger partial charge >= 0.3 is 5.97 Å². The highest BCUT2D eigenvalue weighted by molar-refractivity contribution is 7.89. The fourth-order valence-electron chi connectivity index (χ4n) is 2.45. The summed E-state index contributed by atoms with van der Waals surface area (Å²) in [7, 11) is -3.92. The highest BCUT2D eigenvalue weighted by atomic mass is 32.2. The number of rotatable bonds is 6. The van der Waals surface area contributed by atoms with Gasteiger partial charge in [-0.25, -0.2) is 13.4 Å². The average Bonchev–Trinajstić information content (AvgIpc) is 2.95. The second-order valence-electron chi connectivity index (χ2n) is 5.08. The van der Waals surface area contributed by atoms with Crippen molar-refractivity contribution in [1.29, 1.82) is 0 Å². The Bertz CT molecular complexity index is 687. The number of carbonyl (C=O) groups is 1. The molecular weight excluding hydrogens is 306 g/mol. The molecule has 0 aliphatic carbocycles. The van der Waals surface area contributed by atoms with Crippen LogP contribution in [0.5, 0.6) is 0 Å². The van der Waals surface area contributed by atoms with Crippen molar-refractivity contribution in [2.75, 3.05) is 18.4 Å². The van der Waals surface area contributed by atoms with E-state index in [9.17, 15) is 18.3 Å². The number of anilines is 1. The van der Waals surface area contributed by atoms with Crippen molar-refractivity contribution < 1.29 is 18.3 Å². The maximum Gasteiger partial charge on any atom is 0.322 e. The molecule has 1 fully saturated rings. The molecule has 0 aromatic carbocycles. The summed E-state index contributed by atoms with van der Waals surface area (Å²) in [5, 5.41) is 12.1. The first-order valence-electron chi connectivity index (χ1n) is 6.95. The number of nitrogens with one attached hydrogen (secondary N) is 1. The predicted octanol–water partition coefficient (Wildman–Crippen LogP) is 1.23. The summed E-state index contributed by atoms with van der Waals surface area (Å²) in [5.74, 6) is -0.905. The number of aromatic nitrogens is 1. The smallest absolute Gasteiger partial charge is 0.322 e. The van der Waals surface area contributed by atoms with E-state index in [0.717, 1.165) is 4.31 Å². The Morgan fingerprint density at radius 2 is 2.32 bits per heavy atom. The van der Waals surface area contributed by atoms with Gasteiger partial charge in [-0.2, -0.15) is 4.31 Å². The summed E-state index contributed by atoms with van der Waals surface area (Å²) in [6.07, 6.45) is 2.45. The first-order chi connectivity index (χ1) is 10.4. The van der Waals surface area contributed by atoms with Crippen molar-refractivity contribution in [1.82, 2.24) is 9.29 Å². The van der Waals surface area contributed by atoms with Gasteiger partial charge in [-0.1, -0.05) is 6.08 Å². The highest BCUT2D eigenvalue weighted by Crippen LogP contribution is 2.29. The molecule has 1 aromatic heterocycles. The quantitative estimate of drug-likeness (QED) is 0.763. The van der Waals surface area contributed by atoms with E-state index >= 15 is 0 Å². The van der Waals surface area contributed by atoms with Gasteiger partial charge in [0.15, 0.2) is 0 Å². The number of aliphatic carboxylic acids is 1. The molecule has 2 rings (SSSR count). The molecule has 0 spiro atoms. The summed E-state index contributed by atoms with van der Waals surface area (Å²) in [5.41, 5.74) is 0.668. The summed E-state index contributed by atoms with van der Waals surface area (Å²) < 4.78 is 26.6. The molecule has 1 atom stereocenters. The van der Waals surface area contributed by atoms with E-state index in [1.165, 1.54) is 6.07 Å². The molecule has 0 amide bonds. The lowest BCUT2D eigenvalue weighted by Gasteiger charge is -2.22. The van der Waals surface area contributed by atoms with Crippen LogP contribution in [-0.2, 0) is 14.8 Å². The van der Waals surface area contributed by atoms with E-state index in [2.05, 4.69) is 16.9 Å². The number of sulfonamides is 1. The molecule has 0 bridgehead atoms. The first kappa shape index (κ1) is 16.4. The lowest BCUT2D eigenvalue weighted by atomic mass is 10.2. The van der Waals surface area contributed by atoms with E-state index in [1.54, 1.807) is 19.1 Å². The third-order valence-electron chi connectivity index (χ3n) is 3.49. The monoisotopic (exact) mass is 325 g/mol. The van der Waals surface area contributed by atoms with Gasteiger partial charge in [-0.3, -0.25) is 4.79 Å². The standard InChI is InChI=1S/C14H19N3O4S/c1-3-8-15-13-12(7-6-10(2)16-13)22(20,21)17-9-4-5-11(17)14(18)19/h3,6-7,11H,1,4-5,8-9H2,2H3,(H,15,16)(H,18,19)/t11-/m0/s1. The fraction of sp³-hybridized carbons (Fsp3) is 0.429. The van der Waals surface area contributed by atoms with Gasteiger partial charge in [0.1, 0.15) is 16.8 Å². The van der Waals surface area contributed by atoms with Crippen molar-refractivity contribution >= 4 is 21.8 Å². The number of nitrogens with zero attached hydrogens (tertiary/aromatic N) is 2. The van der Waals surface area contributed by atoms with Crippen molar-refractivity contribution in [3.05, 3.63) is 30.5 Å². The van der Waals surface area contributed by atoms with Crippen LogP contribution in [0.15, 0.2) is 29.7 Å². The Morgan fingerprint density at radius 1 is 1.59 bits per heavy atom. The van der Waals surface area contributed by atoms with Gasteiger partial charge in [-0.05, 0) is 31.9 Å². The largest absolute Gasteiger partial charge is 0.480 e. The Kier molecular flexibility index (Phi) is 4.82. The van der Waals surface area contributed by atoms with E-state index in [1.807, 2.05) is 0 Å². The normalized spacial score (nSPS) is 19.0. The van der Waals surface area contributed by atoms with E-state index in [4.69, 9.17) is 0 Å². The van der Waals surface area contributed by atoms with Gasteiger partial charge in [-0.15, -0.1) is 6.58 Å². The van der Waals surface area contributed by atoms with Gasteiger partial charge in [0.05, 0.1) is 0 Å². The van der Waals surface area contributed by atoms with Crippen LogP contribution in [0.3, 0.4) is 0 Å². The number of hydrogen-bond donors (Lipinski definition) is 2. The first-order valence-corrected chi connectivity index (χ1v) is 8.39. The number of aryl methyl sites for hydroxylation is 1. The molecule has 1 aliphatic heterocycles. The van der Waals surface area contributed by atoms with E-state index in [-0.39, 0.29) is 17.3 Å². The molecule has 0 radical (unpaired) electrons. The van der Waals surface area contributed by atoms with Crippen LogP contribution in [0, 0.1) is 6.92 Å². The molecule has 0 unspecified atom stereocenters. The van der Waals surface area contributed by atoms with Gasteiger partial charge in [0.25, 0.3) is 0 Å². The second kappa shape index (κ2) is 6.45. The maximum atomic E-state index is 12.8. The third kappa shape index (κ3) is 3.12. The van der Waals surface area contributed by atoms with Crippen LogP contribution in [0.2, 0.25) is 0 Å². The fourth-order valence-corrected chi connectivity index (χ4v) is 4.20. The van der Waals surface area contributed by atoms with Crippen molar-refractivity contribution in [3.8, 4) is 0 Å². The molecule has 8 heteroatoms. The summed E-state index contributed by atoms with van der Waals surface area (Å²) in [6, 6.07) is 2.04. The van der Waals surface area contributed by atoms with E-state index < -0.39 is 22.0 Å². The Balaban J connectivity index is 2.44. The SMILES string of the molecule is C=CCNc1nc(C)ccc1S(=O)(=O)N1CCC[C@H]1C(=O)O. The molecule has 2 N–H and O–H groups in total. The van der Waals surface area contributed by atoms with Crippen LogP contribution >= 0.6 is 0 Å². The lowest BCUT2D eigenvalue weighted by Crippen LogP contribution is -2.40. The average molecular weight is 325 g/mol. The predicted molar refractivity (Wildman–Crippen MR) is 82.2 cm³/mol. The molecule has 0 saturated carbocycles. The highest BCUT2D eigenvalue weighted by Gasteiger charge is 2.40. The topological polar surface area (TPSA) is 99.6 Å². The van der Waals surface area contributed by atoms with Crippen molar-refractivity contribution in [2.45, 2.75) is 30.7 Å². The van der Waals surface area contributed by atoms with Gasteiger partial charge in [0, 0.05) is 18.8 Å². The molecule has 1 saturated heterocycles. The summed E-state index contributed by atoms with van der Waals surface area (Å²) in [4.78, 5) is 15.5. The molecule has 7 nitrogen and oxygen atoms in total. The van der Waals surface area contributed by atoms with Gasteiger partial charge in [0.2, 0.25) is 10.0 Å². The lowest BCUT2D eigenvalue weighted by molar-refractivity contribution is -0.140. The van der Waals surface area contributed by atoms with Crippen LogP contribution in [0.4, 0.5) is 5.82 Å². The number of pyridine rings is 1. The van der Waals surface area contributed by atoms with Crippen molar-refractivity contribution in [3.63, 3.8) is 0 Å². The number of carboxylic acid groups (broad SMARTS) is 1. The zero-order valence-corrected chi connectivity index (χ0v) is 13.1. The Morgan fingerprint density at radius 3 is 2.95 bits per heavy atom. The molecule has 120 valence electrons. The summed E-state index contributed by atoms with van der Waals surface area (Å²) in [6.45, 7) is 5.90. The van der Waals surface area contributed by atoms with Crippen LogP contribution < -0.4 is 5.32 Å². The van der Waals surface area contributed by atoms with Crippen LogP contribution in [0.1, 0.15) is 18.5 Å². The van der Waals surface area contributed by atoms with Crippen molar-refractivity contribution in [2.24, 2.45) is 0 Å². The van der Waals surface area contributed by atoms with Crippen LogP contribution in [0.25, 0.3) is 0 Å². The summed E-state index contributed by atoms with van der Waals surface area (Å²) >= 11 is 0. The second-order valence-corrected chi connectivity index (χ2v) is 6.94. The molecule has 2 heterocycles. The Hall–Kier alpha value is -1.93. The zero-order chi connectivity index (χ0) is 16.3. The van der Waals surface area contributed by atoms with Crippen LogP contribution in [-0.4, -0.2) is 47.9 Å². The minimum absolute atomic E-state index is 0.00639. The Labute approximate surface area is 129 Å². The molecule has 1 aliphatic rings. The molecular formula is C14H19N3O4S. The third-order valence-corrected chi connectivity index (χ3v) is 5.43. The zero-order valence-electron chi connectivity index (χ0n) is 12.3. The van der Waals surface area contributed by atoms with Gasteiger partial charge < -0.3 is 10.4 Å². The van der Waals surface area contributed by atoms with E-state index in [0.29, 0.717) is 25.1 Å². The number of carboxylic acids is 1. The molecule has 1 aromatic rings. The molecule has 22 heavy (non-hydrogen) atoms. The minimum Gasteiger partial charge on any atom is -0.480 e. The number of hydrogen-bond acceptors (Lipinski definition) is 5. The maximum absolute atomic E-state index is 12.8. The minimum atomic E-state index is -3.92.